The van der Waals surface area contributed by atoms with Gasteiger partial charge in [0.1, 0.15) is 13.2 Å². The molecule has 0 heterocycles. The Morgan fingerprint density at radius 1 is 0.623 bits per heavy atom. The molecule has 0 aliphatic heterocycles. The third-order valence-corrected chi connectivity index (χ3v) is 11.2. The fraction of sp³-hybridized carbons (Fsp3) is 0.932. The van der Waals surface area contributed by atoms with Crippen LogP contribution in [0.5, 0.6) is 0 Å². The largest absolute Gasteiger partial charge is 0.472 e. The molecular formula is C44H90N2O6P+. The average Bonchev–Trinajstić information content (AvgIpc) is 3.10. The molecule has 0 spiro atoms. The quantitative estimate of drug-likeness (QED) is 0.0247. The molecule has 0 radical (unpaired) electrons. The van der Waals surface area contributed by atoms with Gasteiger partial charge < -0.3 is 19.8 Å². The van der Waals surface area contributed by atoms with Crippen molar-refractivity contribution in [2.24, 2.45) is 0 Å². The summed E-state index contributed by atoms with van der Waals surface area (Å²) in [5.41, 5.74) is 0. The van der Waals surface area contributed by atoms with Gasteiger partial charge in [0.25, 0.3) is 0 Å². The standard InChI is InChI=1S/C44H89N2O6P/c1-6-8-10-12-14-16-18-20-21-22-23-24-25-26-28-30-32-34-36-38-44(48)45-42(41-52-53(49,50)51-40-39-46(3,4)5)43(47)37-35-33-31-29-27-19-17-15-13-11-9-7-2/h20-21,42-43,47H,6-19,22-41H2,1-5H3,(H-,45,48,49,50)/p+1/b21-20+/t42-,43+/m0/s1. The van der Waals surface area contributed by atoms with Gasteiger partial charge >= 0.3 is 7.82 Å². The lowest BCUT2D eigenvalue weighted by molar-refractivity contribution is -0.870. The highest BCUT2D eigenvalue weighted by Crippen LogP contribution is 2.43. The van der Waals surface area contributed by atoms with Crippen molar-refractivity contribution in [3.05, 3.63) is 12.2 Å². The zero-order chi connectivity index (χ0) is 39.3. The van der Waals surface area contributed by atoms with E-state index < -0.39 is 20.0 Å². The van der Waals surface area contributed by atoms with Gasteiger partial charge in [-0.15, -0.1) is 0 Å². The van der Waals surface area contributed by atoms with E-state index in [1.54, 1.807) is 0 Å². The van der Waals surface area contributed by atoms with Crippen molar-refractivity contribution in [1.82, 2.24) is 5.32 Å². The highest BCUT2D eigenvalue weighted by Gasteiger charge is 2.28. The first kappa shape index (κ1) is 52.2. The van der Waals surface area contributed by atoms with Crippen LogP contribution >= 0.6 is 7.82 Å². The van der Waals surface area contributed by atoms with Crippen LogP contribution in [-0.4, -0.2) is 73.4 Å². The van der Waals surface area contributed by atoms with Gasteiger partial charge in [0.15, 0.2) is 0 Å². The van der Waals surface area contributed by atoms with Crippen LogP contribution in [0.3, 0.4) is 0 Å². The third-order valence-electron chi connectivity index (χ3n) is 10.3. The lowest BCUT2D eigenvalue weighted by Crippen LogP contribution is -2.46. The van der Waals surface area contributed by atoms with Gasteiger partial charge in [-0.3, -0.25) is 13.8 Å². The molecule has 3 atom stereocenters. The maximum Gasteiger partial charge on any atom is 0.472 e. The maximum atomic E-state index is 12.9. The normalized spacial score (nSPS) is 14.5. The van der Waals surface area contributed by atoms with Crippen LogP contribution in [0.15, 0.2) is 12.2 Å². The van der Waals surface area contributed by atoms with Crippen molar-refractivity contribution in [2.45, 2.75) is 225 Å². The van der Waals surface area contributed by atoms with Crippen molar-refractivity contribution in [3.63, 3.8) is 0 Å². The number of aliphatic hydroxyl groups excluding tert-OH is 1. The van der Waals surface area contributed by atoms with Crippen molar-refractivity contribution in [3.8, 4) is 0 Å². The number of allylic oxidation sites excluding steroid dienone is 2. The van der Waals surface area contributed by atoms with E-state index in [2.05, 4.69) is 31.3 Å². The second-order valence-corrected chi connectivity index (χ2v) is 18.2. The summed E-state index contributed by atoms with van der Waals surface area (Å²) in [5, 5.41) is 13.9. The van der Waals surface area contributed by atoms with E-state index in [0.717, 1.165) is 38.5 Å². The molecule has 0 aromatic carbocycles. The smallest absolute Gasteiger partial charge is 0.391 e. The minimum atomic E-state index is -4.31. The third kappa shape index (κ3) is 39.3. The molecule has 3 N–H and O–H groups in total. The fourth-order valence-corrected chi connectivity index (χ4v) is 7.36. The van der Waals surface area contributed by atoms with E-state index in [0.29, 0.717) is 23.9 Å². The topological polar surface area (TPSA) is 105 Å². The Kier molecular flexibility index (Phi) is 36.3. The molecule has 9 heteroatoms. The number of likely N-dealkylation sites (N-methyl/N-ethyl adjacent to an activating group) is 1. The zero-order valence-corrected chi connectivity index (χ0v) is 36.7. The number of unbranched alkanes of at least 4 members (excludes halogenated alkanes) is 26. The zero-order valence-electron chi connectivity index (χ0n) is 35.8. The van der Waals surface area contributed by atoms with Crippen LogP contribution in [0.4, 0.5) is 0 Å². The molecule has 0 saturated heterocycles. The summed E-state index contributed by atoms with van der Waals surface area (Å²) in [4.78, 5) is 23.1. The van der Waals surface area contributed by atoms with Crippen LogP contribution in [0, 0.1) is 0 Å². The minimum Gasteiger partial charge on any atom is -0.391 e. The summed E-state index contributed by atoms with van der Waals surface area (Å²) >= 11 is 0. The number of hydrogen-bond donors (Lipinski definition) is 3. The summed E-state index contributed by atoms with van der Waals surface area (Å²) in [6.45, 7) is 4.88. The Morgan fingerprint density at radius 3 is 1.45 bits per heavy atom. The van der Waals surface area contributed by atoms with Crippen LogP contribution in [0.25, 0.3) is 0 Å². The molecule has 0 rings (SSSR count). The molecule has 0 aliphatic rings. The molecule has 8 nitrogen and oxygen atoms in total. The summed E-state index contributed by atoms with van der Waals surface area (Å²) < 4.78 is 23.6. The number of amides is 1. The monoisotopic (exact) mass is 774 g/mol. The second kappa shape index (κ2) is 36.9. The van der Waals surface area contributed by atoms with Gasteiger partial charge in [0.2, 0.25) is 5.91 Å². The number of rotatable bonds is 41. The number of quaternary nitrogens is 1. The molecular weight excluding hydrogens is 683 g/mol. The number of phosphoric acid groups is 1. The minimum absolute atomic E-state index is 0.0761. The number of aliphatic hydroxyl groups is 1. The Balaban J connectivity index is 4.30. The van der Waals surface area contributed by atoms with E-state index in [1.807, 2.05) is 21.1 Å². The number of carbonyl (C=O) groups excluding carboxylic acids is 1. The lowest BCUT2D eigenvalue weighted by Gasteiger charge is -2.26. The van der Waals surface area contributed by atoms with Crippen LogP contribution < -0.4 is 5.32 Å². The van der Waals surface area contributed by atoms with Gasteiger partial charge in [-0.05, 0) is 38.5 Å². The Morgan fingerprint density at radius 2 is 1.02 bits per heavy atom. The number of nitrogens with zero attached hydrogens (tertiary/aromatic N) is 1. The first-order valence-corrected chi connectivity index (χ1v) is 24.0. The van der Waals surface area contributed by atoms with Crippen LogP contribution in [0.2, 0.25) is 0 Å². The summed E-state index contributed by atoms with van der Waals surface area (Å²) in [6.07, 6.45) is 40.9. The molecule has 0 fully saturated rings. The molecule has 1 unspecified atom stereocenters. The van der Waals surface area contributed by atoms with Gasteiger partial charge in [-0.2, -0.15) is 0 Å². The van der Waals surface area contributed by atoms with Crippen molar-refractivity contribution < 1.29 is 32.9 Å². The number of phosphoric ester groups is 1. The SMILES string of the molecule is CCCCCCCC/C=C/CCCCCCCCCCCC(=O)N[C@@H](COP(=O)(O)OCC[N+](C)(C)C)[C@H](O)CCCCCCCCCCCCCC. The Labute approximate surface area is 329 Å². The average molecular weight is 774 g/mol. The molecule has 0 aliphatic carbocycles. The highest BCUT2D eigenvalue weighted by molar-refractivity contribution is 7.47. The number of carbonyl (C=O) groups is 1. The summed E-state index contributed by atoms with van der Waals surface area (Å²) in [6, 6.07) is -0.756. The number of hydrogen-bond acceptors (Lipinski definition) is 5. The summed E-state index contributed by atoms with van der Waals surface area (Å²) in [5.74, 6) is -0.146. The van der Waals surface area contributed by atoms with Gasteiger partial charge in [0.05, 0.1) is 39.9 Å². The van der Waals surface area contributed by atoms with Gasteiger partial charge in [-0.1, -0.05) is 180 Å². The molecule has 0 aromatic heterocycles. The Hall–Kier alpha value is -0.760. The van der Waals surface area contributed by atoms with Gasteiger partial charge in [-0.25, -0.2) is 4.57 Å². The molecule has 53 heavy (non-hydrogen) atoms. The van der Waals surface area contributed by atoms with Gasteiger partial charge in [0, 0.05) is 6.42 Å². The van der Waals surface area contributed by atoms with E-state index in [4.69, 9.17) is 9.05 Å². The van der Waals surface area contributed by atoms with E-state index in [1.165, 1.54) is 148 Å². The maximum absolute atomic E-state index is 12.9. The first-order chi connectivity index (χ1) is 25.5. The van der Waals surface area contributed by atoms with Crippen molar-refractivity contribution in [2.75, 3.05) is 40.9 Å². The van der Waals surface area contributed by atoms with Crippen molar-refractivity contribution in [1.29, 1.82) is 0 Å². The first-order valence-electron chi connectivity index (χ1n) is 22.6. The predicted molar refractivity (Wildman–Crippen MR) is 226 cm³/mol. The molecule has 316 valence electrons. The molecule has 0 aromatic rings. The van der Waals surface area contributed by atoms with E-state index >= 15 is 0 Å². The van der Waals surface area contributed by atoms with E-state index in [9.17, 15) is 19.4 Å². The second-order valence-electron chi connectivity index (χ2n) is 16.8. The van der Waals surface area contributed by atoms with E-state index in [-0.39, 0.29) is 19.1 Å². The van der Waals surface area contributed by atoms with Crippen LogP contribution in [-0.2, 0) is 18.4 Å². The predicted octanol–water partition coefficient (Wildman–Crippen LogP) is 12.4. The Bertz CT molecular complexity index is 880. The lowest BCUT2D eigenvalue weighted by atomic mass is 10.0. The molecule has 1 amide bonds. The molecule has 0 bridgehead atoms. The number of nitrogens with one attached hydrogen (secondary N) is 1. The molecule has 0 saturated carbocycles. The van der Waals surface area contributed by atoms with Crippen molar-refractivity contribution >= 4 is 13.7 Å². The highest BCUT2D eigenvalue weighted by atomic mass is 31.2. The fourth-order valence-electron chi connectivity index (χ4n) is 6.63. The summed E-state index contributed by atoms with van der Waals surface area (Å²) in [7, 11) is 1.62. The van der Waals surface area contributed by atoms with Crippen LogP contribution in [0.1, 0.15) is 213 Å².